The minimum Gasteiger partial charge on any atom is -0.505 e. The summed E-state index contributed by atoms with van der Waals surface area (Å²) in [6, 6.07) is 12.7. The molecule has 1 aliphatic heterocycles. The van der Waals surface area contributed by atoms with Gasteiger partial charge in [-0.2, -0.15) is 0 Å². The summed E-state index contributed by atoms with van der Waals surface area (Å²) in [5.74, 6) is -1.51. The molecule has 2 aromatic heterocycles. The van der Waals surface area contributed by atoms with Crippen molar-refractivity contribution in [3.8, 4) is 0 Å². The van der Waals surface area contributed by atoms with Gasteiger partial charge in [-0.3, -0.25) is 14.0 Å². The number of pyridine rings is 1. The van der Waals surface area contributed by atoms with E-state index in [-0.39, 0.29) is 11.3 Å². The van der Waals surface area contributed by atoms with E-state index in [2.05, 4.69) is 11.9 Å². The zero-order chi connectivity index (χ0) is 22.8. The molecule has 1 aromatic carbocycles. The Hall–Kier alpha value is -3.45. The van der Waals surface area contributed by atoms with Gasteiger partial charge in [-0.1, -0.05) is 37.3 Å². The number of methoxy groups -OCH3 is 1. The van der Waals surface area contributed by atoms with Crippen LogP contribution in [0.25, 0.3) is 11.4 Å². The summed E-state index contributed by atoms with van der Waals surface area (Å²) < 4.78 is 6.87. The Bertz CT molecular complexity index is 1190. The first-order chi connectivity index (χ1) is 15.5. The van der Waals surface area contributed by atoms with Crippen LogP contribution in [0.4, 0.5) is 0 Å². The highest BCUT2D eigenvalue weighted by Gasteiger charge is 2.46. The molecule has 1 unspecified atom stereocenters. The first kappa shape index (κ1) is 21.8. The number of ether oxygens (including phenoxy) is 1. The average molecular weight is 434 g/mol. The van der Waals surface area contributed by atoms with Gasteiger partial charge in [0.1, 0.15) is 11.3 Å². The van der Waals surface area contributed by atoms with Crippen molar-refractivity contribution in [1.29, 1.82) is 0 Å². The molecule has 7 nitrogen and oxygen atoms in total. The smallest absolute Gasteiger partial charge is 0.295 e. The lowest BCUT2D eigenvalue weighted by Gasteiger charge is -2.25. The summed E-state index contributed by atoms with van der Waals surface area (Å²) in [7, 11) is 1.60. The monoisotopic (exact) mass is 433 g/mol. The normalized spacial score (nSPS) is 18.1. The van der Waals surface area contributed by atoms with Crippen molar-refractivity contribution >= 4 is 23.1 Å². The number of ketones is 1. The molecule has 4 rings (SSSR count). The fourth-order valence-corrected chi connectivity index (χ4v) is 4.30. The predicted molar refractivity (Wildman–Crippen MR) is 121 cm³/mol. The topological polar surface area (TPSA) is 84.1 Å². The number of rotatable bonds is 7. The van der Waals surface area contributed by atoms with Crippen molar-refractivity contribution in [2.75, 3.05) is 20.3 Å². The number of hydrogen-bond donors (Lipinski definition) is 1. The van der Waals surface area contributed by atoms with E-state index < -0.39 is 17.7 Å². The molecule has 1 fully saturated rings. The van der Waals surface area contributed by atoms with Gasteiger partial charge in [-0.25, -0.2) is 4.98 Å². The minimum atomic E-state index is -0.685. The lowest BCUT2D eigenvalue weighted by Crippen LogP contribution is -2.31. The molecule has 0 radical (unpaired) electrons. The number of amides is 1. The van der Waals surface area contributed by atoms with Gasteiger partial charge in [0.05, 0.1) is 17.3 Å². The van der Waals surface area contributed by atoms with E-state index >= 15 is 0 Å². The lowest BCUT2D eigenvalue weighted by atomic mass is 9.95. The number of imidazole rings is 1. The Morgan fingerprint density at radius 1 is 1.16 bits per heavy atom. The molecule has 1 N–H and O–H groups in total. The van der Waals surface area contributed by atoms with Gasteiger partial charge in [0.25, 0.3) is 11.7 Å². The van der Waals surface area contributed by atoms with Crippen molar-refractivity contribution in [1.82, 2.24) is 14.3 Å². The molecule has 0 aliphatic carbocycles. The molecule has 3 aromatic rings. The number of aliphatic hydroxyl groups is 1. The second-order valence-electron chi connectivity index (χ2n) is 7.91. The fraction of sp³-hybridized carbons (Fsp3) is 0.320. The van der Waals surface area contributed by atoms with Crippen LogP contribution in [0.2, 0.25) is 0 Å². The predicted octanol–water partition coefficient (Wildman–Crippen LogP) is 3.66. The number of hydrogen-bond acceptors (Lipinski definition) is 5. The lowest BCUT2D eigenvalue weighted by molar-refractivity contribution is -0.140. The van der Waals surface area contributed by atoms with Gasteiger partial charge in [0.15, 0.2) is 5.76 Å². The van der Waals surface area contributed by atoms with Gasteiger partial charge < -0.3 is 14.7 Å². The molecular weight excluding hydrogens is 406 g/mol. The standard InChI is InChI=1S/C25H27N3O4/c1-4-17-9-11-18(12-10-17)22-20(24(30)25(31)28(22)14-7-15-32-3)23(29)21-16(2)26-19-8-5-6-13-27(19)21/h5-6,8-13,22,29H,4,7,14-15H2,1-3H3. The van der Waals surface area contributed by atoms with Crippen LogP contribution in [-0.4, -0.2) is 51.3 Å². The zero-order valence-corrected chi connectivity index (χ0v) is 18.5. The van der Waals surface area contributed by atoms with Crippen LogP contribution in [0.1, 0.15) is 41.9 Å². The quantitative estimate of drug-likeness (QED) is 0.266. The van der Waals surface area contributed by atoms with Gasteiger partial charge in [-0.15, -0.1) is 0 Å². The molecule has 0 bridgehead atoms. The SMILES string of the molecule is CCc1ccc(C2C(=C(O)c3c(C)nc4ccccn34)C(=O)C(=O)N2CCCOC)cc1. The van der Waals surface area contributed by atoms with Gasteiger partial charge in [0.2, 0.25) is 0 Å². The van der Waals surface area contributed by atoms with Crippen molar-refractivity contribution < 1.29 is 19.4 Å². The first-order valence-corrected chi connectivity index (χ1v) is 10.8. The third-order valence-corrected chi connectivity index (χ3v) is 5.92. The van der Waals surface area contributed by atoms with E-state index in [0.717, 1.165) is 17.5 Å². The number of fused-ring (bicyclic) bond motifs is 1. The van der Waals surface area contributed by atoms with Crippen molar-refractivity contribution in [2.45, 2.75) is 32.7 Å². The van der Waals surface area contributed by atoms with E-state index in [9.17, 15) is 14.7 Å². The number of carbonyl (C=O) groups excluding carboxylic acids is 2. The maximum atomic E-state index is 13.2. The largest absolute Gasteiger partial charge is 0.505 e. The minimum absolute atomic E-state index is 0.0884. The van der Waals surface area contributed by atoms with Gasteiger partial charge >= 0.3 is 0 Å². The number of aryl methyl sites for hydroxylation is 2. The molecule has 0 spiro atoms. The summed E-state index contributed by atoms with van der Waals surface area (Å²) in [6.07, 6.45) is 3.25. The molecule has 166 valence electrons. The molecular formula is C25H27N3O4. The second kappa shape index (κ2) is 8.96. The Labute approximate surface area is 187 Å². The van der Waals surface area contributed by atoms with Crippen molar-refractivity contribution in [3.63, 3.8) is 0 Å². The third kappa shape index (κ3) is 3.69. The van der Waals surface area contributed by atoms with Crippen LogP contribution >= 0.6 is 0 Å². The molecule has 1 amide bonds. The van der Waals surface area contributed by atoms with Crippen LogP contribution in [0.3, 0.4) is 0 Å². The highest BCUT2D eigenvalue weighted by Crippen LogP contribution is 2.40. The maximum absolute atomic E-state index is 13.2. The van der Waals surface area contributed by atoms with Crippen molar-refractivity contribution in [2.24, 2.45) is 0 Å². The van der Waals surface area contributed by atoms with Gasteiger partial charge in [-0.05, 0) is 43.0 Å². The summed E-state index contributed by atoms with van der Waals surface area (Å²) in [5, 5.41) is 11.4. The molecule has 1 saturated heterocycles. The fourth-order valence-electron chi connectivity index (χ4n) is 4.30. The number of aliphatic hydroxyl groups excluding tert-OH is 1. The number of nitrogens with zero attached hydrogens (tertiary/aromatic N) is 3. The molecule has 3 heterocycles. The van der Waals surface area contributed by atoms with E-state index in [1.165, 1.54) is 4.90 Å². The van der Waals surface area contributed by atoms with E-state index in [0.29, 0.717) is 36.6 Å². The summed E-state index contributed by atoms with van der Waals surface area (Å²) in [5.41, 5.74) is 3.69. The number of aromatic nitrogens is 2. The van der Waals surface area contributed by atoms with Crippen LogP contribution < -0.4 is 0 Å². The average Bonchev–Trinajstić information content (AvgIpc) is 3.27. The molecule has 1 aliphatic rings. The summed E-state index contributed by atoms with van der Waals surface area (Å²) in [4.78, 5) is 32.2. The zero-order valence-electron chi connectivity index (χ0n) is 18.5. The highest BCUT2D eigenvalue weighted by molar-refractivity contribution is 6.46. The van der Waals surface area contributed by atoms with Crippen molar-refractivity contribution in [3.05, 3.63) is 76.7 Å². The van der Waals surface area contributed by atoms with E-state index in [4.69, 9.17) is 4.74 Å². The summed E-state index contributed by atoms with van der Waals surface area (Å²) >= 11 is 0. The second-order valence-corrected chi connectivity index (χ2v) is 7.91. The van der Waals surface area contributed by atoms with E-state index in [1.54, 1.807) is 24.6 Å². The van der Waals surface area contributed by atoms with Crippen LogP contribution in [0.5, 0.6) is 0 Å². The molecule has 0 saturated carbocycles. The number of carbonyl (C=O) groups is 2. The maximum Gasteiger partial charge on any atom is 0.295 e. The number of Topliss-reactive ketones (excluding diaryl/α,β-unsaturated/α-hetero) is 1. The Morgan fingerprint density at radius 2 is 1.91 bits per heavy atom. The van der Waals surface area contributed by atoms with E-state index in [1.807, 2.05) is 42.5 Å². The number of benzene rings is 1. The van der Waals surface area contributed by atoms with Gasteiger partial charge in [0, 0.05) is 26.5 Å². The Kier molecular flexibility index (Phi) is 6.10. The first-order valence-electron chi connectivity index (χ1n) is 10.8. The van der Waals surface area contributed by atoms with Crippen LogP contribution in [0.15, 0.2) is 54.2 Å². The van der Waals surface area contributed by atoms with Crippen LogP contribution in [0, 0.1) is 6.92 Å². The third-order valence-electron chi connectivity index (χ3n) is 5.92. The Morgan fingerprint density at radius 3 is 2.59 bits per heavy atom. The highest BCUT2D eigenvalue weighted by atomic mass is 16.5. The molecule has 32 heavy (non-hydrogen) atoms. The molecule has 1 atom stereocenters. The number of likely N-dealkylation sites (tertiary alicyclic amines) is 1. The Balaban J connectivity index is 1.89. The molecule has 7 heteroatoms. The van der Waals surface area contributed by atoms with Crippen LogP contribution in [-0.2, 0) is 20.7 Å². The summed E-state index contributed by atoms with van der Waals surface area (Å²) in [6.45, 7) is 4.67.